The molecule has 0 aromatic rings. The molecule has 116 valence electrons. The molecule has 0 saturated heterocycles. The van der Waals surface area contributed by atoms with Crippen LogP contribution in [0.4, 0.5) is 0 Å². The van der Waals surface area contributed by atoms with Crippen molar-refractivity contribution in [2.24, 2.45) is 5.73 Å². The van der Waals surface area contributed by atoms with Gasteiger partial charge in [-0.2, -0.15) is 0 Å². The van der Waals surface area contributed by atoms with E-state index in [9.17, 15) is 14.4 Å². The maximum absolute atomic E-state index is 12.0. The van der Waals surface area contributed by atoms with Crippen molar-refractivity contribution in [3.8, 4) is 0 Å². The van der Waals surface area contributed by atoms with Gasteiger partial charge in [0.15, 0.2) is 5.78 Å². The monoisotopic (exact) mass is 286 g/mol. The van der Waals surface area contributed by atoms with Crippen molar-refractivity contribution in [3.63, 3.8) is 0 Å². The van der Waals surface area contributed by atoms with Crippen molar-refractivity contribution in [3.05, 3.63) is 0 Å². The van der Waals surface area contributed by atoms with Gasteiger partial charge in [-0.25, -0.2) is 0 Å². The van der Waals surface area contributed by atoms with Crippen LogP contribution >= 0.6 is 0 Å². The number of carbonyl (C=O) groups is 3. The number of ketones is 1. The summed E-state index contributed by atoms with van der Waals surface area (Å²) >= 11 is 0. The molecule has 0 aliphatic heterocycles. The zero-order valence-electron chi connectivity index (χ0n) is 12.5. The summed E-state index contributed by atoms with van der Waals surface area (Å²) in [7, 11) is 1.65. The van der Waals surface area contributed by atoms with E-state index in [0.717, 1.165) is 6.42 Å². The fourth-order valence-electron chi connectivity index (χ4n) is 1.66. The van der Waals surface area contributed by atoms with E-state index >= 15 is 0 Å². The van der Waals surface area contributed by atoms with E-state index in [0.29, 0.717) is 19.5 Å². The van der Waals surface area contributed by atoms with Crippen LogP contribution in [0.2, 0.25) is 0 Å². The lowest BCUT2D eigenvalue weighted by molar-refractivity contribution is -0.130. The smallest absolute Gasteiger partial charge is 0.237 e. The molecule has 2 amide bonds. The summed E-state index contributed by atoms with van der Waals surface area (Å²) in [5.74, 6) is -0.804. The van der Waals surface area contributed by atoms with Crippen LogP contribution < -0.4 is 21.7 Å². The fraction of sp³-hybridized carbons (Fsp3) is 0.769. The van der Waals surface area contributed by atoms with E-state index in [1.165, 1.54) is 6.92 Å². The van der Waals surface area contributed by atoms with E-state index in [-0.39, 0.29) is 24.0 Å². The van der Waals surface area contributed by atoms with E-state index in [1.807, 2.05) is 6.92 Å². The highest BCUT2D eigenvalue weighted by Crippen LogP contribution is 1.98. The molecule has 0 aliphatic carbocycles. The summed E-state index contributed by atoms with van der Waals surface area (Å²) in [4.78, 5) is 35.1. The first-order valence-corrected chi connectivity index (χ1v) is 6.91. The molecular formula is C13H26N4O3. The number of hydrogen-bond acceptors (Lipinski definition) is 5. The topological polar surface area (TPSA) is 113 Å². The first-order valence-electron chi connectivity index (χ1n) is 6.91. The number of nitrogens with two attached hydrogens (primary N) is 1. The summed E-state index contributed by atoms with van der Waals surface area (Å²) in [5, 5.41) is 8.10. The quantitative estimate of drug-likeness (QED) is 0.408. The van der Waals surface area contributed by atoms with Crippen molar-refractivity contribution in [1.29, 1.82) is 0 Å². The summed E-state index contributed by atoms with van der Waals surface area (Å²) in [6.07, 6.45) is 1.25. The average molecular weight is 286 g/mol. The van der Waals surface area contributed by atoms with Gasteiger partial charge in [0.05, 0.1) is 18.5 Å². The number of likely N-dealkylation sites (N-methyl/N-ethyl adjacent to an activating group) is 1. The number of rotatable bonds is 10. The fourth-order valence-corrected chi connectivity index (χ4v) is 1.66. The molecule has 0 aromatic carbocycles. The zero-order valence-corrected chi connectivity index (χ0v) is 12.5. The minimum absolute atomic E-state index is 0.0415. The SMILES string of the molecule is CCCNC(=O)C[C@H](NC(=O)[C@H](CCN)NC)C(C)=O. The lowest BCUT2D eigenvalue weighted by Gasteiger charge is -2.20. The molecule has 0 rings (SSSR count). The number of carbonyl (C=O) groups excluding carboxylic acids is 3. The maximum Gasteiger partial charge on any atom is 0.237 e. The second-order valence-corrected chi connectivity index (χ2v) is 4.64. The van der Waals surface area contributed by atoms with Crippen LogP contribution in [0.3, 0.4) is 0 Å². The van der Waals surface area contributed by atoms with Gasteiger partial charge in [-0.05, 0) is 33.4 Å². The molecule has 0 unspecified atom stereocenters. The Morgan fingerprint density at radius 1 is 1.20 bits per heavy atom. The molecule has 0 aromatic heterocycles. The van der Waals surface area contributed by atoms with Crippen LogP contribution in [0, 0.1) is 0 Å². The van der Waals surface area contributed by atoms with Gasteiger partial charge in [0.2, 0.25) is 11.8 Å². The van der Waals surface area contributed by atoms with Crippen LogP contribution in [0.1, 0.15) is 33.1 Å². The largest absolute Gasteiger partial charge is 0.356 e. The van der Waals surface area contributed by atoms with Crippen molar-refractivity contribution in [2.75, 3.05) is 20.1 Å². The molecule has 0 fully saturated rings. The first-order chi connectivity index (χ1) is 9.46. The molecule has 2 atom stereocenters. The summed E-state index contributed by atoms with van der Waals surface area (Å²) < 4.78 is 0. The number of amides is 2. The van der Waals surface area contributed by atoms with Crippen LogP contribution in [-0.4, -0.2) is 49.8 Å². The summed E-state index contributed by atoms with van der Waals surface area (Å²) in [6.45, 7) is 4.22. The Morgan fingerprint density at radius 2 is 1.85 bits per heavy atom. The normalized spacial score (nSPS) is 13.4. The van der Waals surface area contributed by atoms with Gasteiger partial charge < -0.3 is 21.7 Å². The highest BCUT2D eigenvalue weighted by molar-refractivity contribution is 5.93. The molecule has 7 heteroatoms. The molecule has 7 nitrogen and oxygen atoms in total. The number of nitrogens with one attached hydrogen (secondary N) is 3. The van der Waals surface area contributed by atoms with Crippen molar-refractivity contribution in [1.82, 2.24) is 16.0 Å². The Kier molecular flexibility index (Phi) is 9.57. The average Bonchev–Trinajstić information content (AvgIpc) is 2.41. The van der Waals surface area contributed by atoms with E-state index < -0.39 is 12.1 Å². The molecule has 0 aliphatic rings. The third-order valence-electron chi connectivity index (χ3n) is 2.89. The van der Waals surface area contributed by atoms with Gasteiger partial charge in [-0.3, -0.25) is 14.4 Å². The Hall–Kier alpha value is -1.47. The predicted molar refractivity (Wildman–Crippen MR) is 77.0 cm³/mol. The Balaban J connectivity index is 4.50. The van der Waals surface area contributed by atoms with Crippen LogP contribution in [-0.2, 0) is 14.4 Å². The minimum Gasteiger partial charge on any atom is -0.356 e. The van der Waals surface area contributed by atoms with E-state index in [1.54, 1.807) is 7.05 Å². The molecular weight excluding hydrogens is 260 g/mol. The highest BCUT2D eigenvalue weighted by atomic mass is 16.2. The molecule has 0 spiro atoms. The number of hydrogen-bond donors (Lipinski definition) is 4. The summed E-state index contributed by atoms with van der Waals surface area (Å²) in [6, 6.07) is -1.26. The first kappa shape index (κ1) is 18.5. The molecule has 5 N–H and O–H groups in total. The highest BCUT2D eigenvalue weighted by Gasteiger charge is 2.24. The molecule has 0 bridgehead atoms. The van der Waals surface area contributed by atoms with E-state index in [2.05, 4.69) is 16.0 Å². The van der Waals surface area contributed by atoms with Crippen LogP contribution in [0.15, 0.2) is 0 Å². The van der Waals surface area contributed by atoms with Gasteiger partial charge in [0, 0.05) is 6.54 Å². The lowest BCUT2D eigenvalue weighted by atomic mass is 10.1. The van der Waals surface area contributed by atoms with Gasteiger partial charge in [0.1, 0.15) is 0 Å². The Morgan fingerprint density at radius 3 is 2.30 bits per heavy atom. The van der Waals surface area contributed by atoms with E-state index in [4.69, 9.17) is 5.73 Å². The number of Topliss-reactive ketones (excluding diaryl/α,β-unsaturated/α-hetero) is 1. The Labute approximate surface area is 120 Å². The maximum atomic E-state index is 12.0. The molecule has 20 heavy (non-hydrogen) atoms. The minimum atomic E-state index is -0.798. The van der Waals surface area contributed by atoms with Crippen LogP contribution in [0.5, 0.6) is 0 Å². The lowest BCUT2D eigenvalue weighted by Crippen LogP contribution is -2.50. The zero-order chi connectivity index (χ0) is 15.5. The van der Waals surface area contributed by atoms with Crippen molar-refractivity contribution >= 4 is 17.6 Å². The second kappa shape index (κ2) is 10.3. The molecule has 0 radical (unpaired) electrons. The third-order valence-corrected chi connectivity index (χ3v) is 2.89. The second-order valence-electron chi connectivity index (χ2n) is 4.64. The van der Waals surface area contributed by atoms with Gasteiger partial charge in [0.25, 0.3) is 0 Å². The molecule has 0 saturated carbocycles. The van der Waals surface area contributed by atoms with Gasteiger partial charge in [-0.1, -0.05) is 6.92 Å². The third kappa shape index (κ3) is 7.20. The summed E-state index contributed by atoms with van der Waals surface area (Å²) in [5.41, 5.74) is 5.42. The Bertz CT molecular complexity index is 334. The van der Waals surface area contributed by atoms with Crippen LogP contribution in [0.25, 0.3) is 0 Å². The van der Waals surface area contributed by atoms with Gasteiger partial charge >= 0.3 is 0 Å². The molecule has 0 heterocycles. The van der Waals surface area contributed by atoms with Gasteiger partial charge in [-0.15, -0.1) is 0 Å². The predicted octanol–water partition coefficient (Wildman–Crippen LogP) is -1.09. The van der Waals surface area contributed by atoms with Crippen molar-refractivity contribution < 1.29 is 14.4 Å². The van der Waals surface area contributed by atoms with Crippen molar-refractivity contribution in [2.45, 2.75) is 45.2 Å². The standard InChI is InChI=1S/C13H26N4O3/c1-4-7-16-12(19)8-11(9(2)18)17-13(20)10(15-3)5-6-14/h10-11,15H,4-8,14H2,1-3H3,(H,16,19)(H,17,20)/t10-,11-/m0/s1.